The van der Waals surface area contributed by atoms with Gasteiger partial charge >= 0.3 is 0 Å². The number of carbonyl (C=O) groups excluding carboxylic acids is 2. The summed E-state index contributed by atoms with van der Waals surface area (Å²) < 4.78 is 43.3. The van der Waals surface area contributed by atoms with Crippen molar-refractivity contribution >= 4 is 23.4 Å². The lowest BCUT2D eigenvalue weighted by Gasteiger charge is -2.11. The third-order valence-corrected chi connectivity index (χ3v) is 3.87. The first-order valence-corrected chi connectivity index (χ1v) is 8.72. The first-order chi connectivity index (χ1) is 13.8. The van der Waals surface area contributed by atoms with Gasteiger partial charge in [-0.2, -0.15) is 0 Å². The fourth-order valence-corrected chi connectivity index (χ4v) is 2.23. The maximum Gasteiger partial charge on any atom is 0.280 e. The Morgan fingerprint density at radius 3 is 2.62 bits per heavy atom. The van der Waals surface area contributed by atoms with Crippen LogP contribution in [0.4, 0.5) is 13.2 Å². The largest absolute Gasteiger partial charge is 0.484 e. The lowest BCUT2D eigenvalue weighted by Crippen LogP contribution is -2.31. The van der Waals surface area contributed by atoms with Crippen LogP contribution >= 0.6 is 11.6 Å². The molecule has 2 amide bonds. The van der Waals surface area contributed by atoms with Crippen molar-refractivity contribution in [2.75, 3.05) is 13.2 Å². The molecule has 2 rings (SSSR count). The average molecular weight is 428 g/mol. The van der Waals surface area contributed by atoms with E-state index in [2.05, 4.69) is 22.2 Å². The molecule has 6 nitrogen and oxygen atoms in total. The Morgan fingerprint density at radius 1 is 1.24 bits per heavy atom. The van der Waals surface area contributed by atoms with Gasteiger partial charge in [0.25, 0.3) is 18.2 Å². The summed E-state index contributed by atoms with van der Waals surface area (Å²) in [7, 11) is 0. The highest BCUT2D eigenvalue weighted by molar-refractivity contribution is 6.30. The molecule has 0 unspecified atom stereocenters. The van der Waals surface area contributed by atoms with Crippen LogP contribution in [-0.2, 0) is 4.79 Å². The smallest absolute Gasteiger partial charge is 0.280 e. The van der Waals surface area contributed by atoms with E-state index < -0.39 is 29.8 Å². The van der Waals surface area contributed by atoms with Gasteiger partial charge in [-0.1, -0.05) is 18.2 Å². The normalized spacial score (nSPS) is 10.5. The van der Waals surface area contributed by atoms with E-state index in [9.17, 15) is 22.8 Å². The molecule has 1 aromatic heterocycles. The van der Waals surface area contributed by atoms with Crippen molar-refractivity contribution in [1.82, 2.24) is 15.6 Å². The maximum absolute atomic E-state index is 13.3. The lowest BCUT2D eigenvalue weighted by atomic mass is 10.2. The van der Waals surface area contributed by atoms with E-state index in [1.807, 2.05) is 0 Å². The van der Waals surface area contributed by atoms with Gasteiger partial charge in [0.05, 0.1) is 10.6 Å². The zero-order valence-corrected chi connectivity index (χ0v) is 15.8. The molecule has 2 aromatic rings. The molecule has 0 aliphatic rings. The number of benzene rings is 1. The number of carbonyl (C=O) groups is 2. The average Bonchev–Trinajstić information content (AvgIpc) is 2.68. The highest BCUT2D eigenvalue weighted by atomic mass is 35.5. The van der Waals surface area contributed by atoms with Crippen molar-refractivity contribution in [3.8, 4) is 5.75 Å². The molecule has 10 heteroatoms. The second-order valence-electron chi connectivity index (χ2n) is 5.79. The molecule has 2 N–H and O–H groups in total. The van der Waals surface area contributed by atoms with E-state index in [0.29, 0.717) is 5.70 Å². The SMILES string of the molecule is C=C(CCNC(=O)c1ccc(C(F)F)nc1)NC(=O)COc1ccc(Cl)c(F)c1. The number of amides is 2. The van der Waals surface area contributed by atoms with E-state index in [4.69, 9.17) is 16.3 Å². The Labute approximate surface area is 169 Å². The van der Waals surface area contributed by atoms with E-state index in [1.165, 1.54) is 18.2 Å². The highest BCUT2D eigenvalue weighted by Crippen LogP contribution is 2.20. The second kappa shape index (κ2) is 10.5. The van der Waals surface area contributed by atoms with Crippen LogP contribution in [0.15, 0.2) is 48.8 Å². The predicted molar refractivity (Wildman–Crippen MR) is 100 cm³/mol. The van der Waals surface area contributed by atoms with Crippen molar-refractivity contribution in [3.63, 3.8) is 0 Å². The van der Waals surface area contributed by atoms with Crippen molar-refractivity contribution in [1.29, 1.82) is 0 Å². The van der Waals surface area contributed by atoms with E-state index in [-0.39, 0.29) is 35.9 Å². The fraction of sp³-hybridized carbons (Fsp3) is 0.211. The number of pyridine rings is 1. The van der Waals surface area contributed by atoms with Crippen LogP contribution in [-0.4, -0.2) is 29.9 Å². The minimum Gasteiger partial charge on any atom is -0.484 e. The van der Waals surface area contributed by atoms with Crippen LogP contribution < -0.4 is 15.4 Å². The Balaban J connectivity index is 1.69. The van der Waals surface area contributed by atoms with Crippen LogP contribution in [0.25, 0.3) is 0 Å². The molecule has 29 heavy (non-hydrogen) atoms. The fourth-order valence-electron chi connectivity index (χ4n) is 2.11. The van der Waals surface area contributed by atoms with Crippen LogP contribution in [0.2, 0.25) is 5.02 Å². The Kier molecular flexibility index (Phi) is 8.02. The van der Waals surface area contributed by atoms with Crippen LogP contribution in [0.1, 0.15) is 28.9 Å². The quantitative estimate of drug-likeness (QED) is 0.640. The van der Waals surface area contributed by atoms with Gasteiger partial charge in [0, 0.05) is 30.9 Å². The summed E-state index contributed by atoms with van der Waals surface area (Å²) in [5.41, 5.74) is 0.0428. The summed E-state index contributed by atoms with van der Waals surface area (Å²) in [5, 5.41) is 4.98. The van der Waals surface area contributed by atoms with Gasteiger partial charge in [-0.25, -0.2) is 13.2 Å². The van der Waals surface area contributed by atoms with E-state index >= 15 is 0 Å². The number of ether oxygens (including phenoxy) is 1. The number of aromatic nitrogens is 1. The molecule has 1 heterocycles. The van der Waals surface area contributed by atoms with Gasteiger partial charge in [-0.3, -0.25) is 14.6 Å². The minimum absolute atomic E-state index is 0.0574. The summed E-state index contributed by atoms with van der Waals surface area (Å²) in [5.74, 6) is -1.52. The number of nitrogens with zero attached hydrogens (tertiary/aromatic N) is 1. The molecule has 0 bridgehead atoms. The summed E-state index contributed by atoms with van der Waals surface area (Å²) in [6.45, 7) is 3.45. The van der Waals surface area contributed by atoms with Crippen molar-refractivity contribution in [2.45, 2.75) is 12.8 Å². The third-order valence-electron chi connectivity index (χ3n) is 3.56. The summed E-state index contributed by atoms with van der Waals surface area (Å²) in [6.07, 6.45) is -1.42. The molecule has 0 atom stereocenters. The standard InChI is InChI=1S/C19H17ClF3N3O3/c1-11(26-17(27)10-29-13-3-4-14(20)15(21)8-13)6-7-24-19(28)12-2-5-16(18(22)23)25-9-12/h2-5,8-9,18H,1,6-7,10H2,(H,24,28)(H,26,27). The number of hydrogen-bond donors (Lipinski definition) is 2. The Morgan fingerprint density at radius 2 is 2.00 bits per heavy atom. The molecule has 0 aliphatic carbocycles. The number of halogens is 4. The molecular weight excluding hydrogens is 411 g/mol. The van der Waals surface area contributed by atoms with Crippen molar-refractivity contribution < 1.29 is 27.5 Å². The molecule has 1 aromatic carbocycles. The number of hydrogen-bond acceptors (Lipinski definition) is 4. The van der Waals surface area contributed by atoms with Crippen LogP contribution in [0.5, 0.6) is 5.75 Å². The van der Waals surface area contributed by atoms with Gasteiger partial charge < -0.3 is 15.4 Å². The van der Waals surface area contributed by atoms with Gasteiger partial charge in [-0.05, 0) is 24.3 Å². The van der Waals surface area contributed by atoms with Gasteiger partial charge in [0.2, 0.25) is 0 Å². The summed E-state index contributed by atoms with van der Waals surface area (Å²) >= 11 is 5.56. The lowest BCUT2D eigenvalue weighted by molar-refractivity contribution is -0.122. The summed E-state index contributed by atoms with van der Waals surface area (Å²) in [6, 6.07) is 6.11. The van der Waals surface area contributed by atoms with E-state index in [0.717, 1.165) is 18.3 Å². The maximum atomic E-state index is 13.3. The monoisotopic (exact) mass is 427 g/mol. The Hall–Kier alpha value is -3.07. The van der Waals surface area contributed by atoms with E-state index in [1.54, 1.807) is 0 Å². The third kappa shape index (κ3) is 7.11. The van der Waals surface area contributed by atoms with Gasteiger partial charge in [-0.15, -0.1) is 0 Å². The van der Waals surface area contributed by atoms with Gasteiger partial charge in [0.15, 0.2) is 6.61 Å². The van der Waals surface area contributed by atoms with Crippen LogP contribution in [0.3, 0.4) is 0 Å². The molecule has 0 saturated heterocycles. The molecule has 0 saturated carbocycles. The van der Waals surface area contributed by atoms with Crippen LogP contribution in [0, 0.1) is 5.82 Å². The van der Waals surface area contributed by atoms with Gasteiger partial charge in [0.1, 0.15) is 17.3 Å². The number of rotatable bonds is 9. The number of alkyl halides is 2. The molecule has 0 spiro atoms. The molecular formula is C19H17ClF3N3O3. The topological polar surface area (TPSA) is 80.3 Å². The summed E-state index contributed by atoms with van der Waals surface area (Å²) in [4.78, 5) is 27.2. The number of nitrogens with one attached hydrogen (secondary N) is 2. The first-order valence-electron chi connectivity index (χ1n) is 8.34. The predicted octanol–water partition coefficient (Wildman–Crippen LogP) is 3.64. The zero-order chi connectivity index (χ0) is 21.4. The molecule has 0 fully saturated rings. The zero-order valence-electron chi connectivity index (χ0n) is 15.1. The molecule has 0 aliphatic heterocycles. The molecule has 0 radical (unpaired) electrons. The first kappa shape index (κ1) is 22.2. The van der Waals surface area contributed by atoms with Crippen molar-refractivity contribution in [3.05, 3.63) is 70.9 Å². The highest BCUT2D eigenvalue weighted by Gasteiger charge is 2.11. The van der Waals surface area contributed by atoms with Crippen molar-refractivity contribution in [2.24, 2.45) is 0 Å². The second-order valence-corrected chi connectivity index (χ2v) is 6.20. The Bertz CT molecular complexity index is 892. The molecule has 154 valence electrons. The minimum atomic E-state index is -2.71.